The van der Waals surface area contributed by atoms with Gasteiger partial charge in [-0.25, -0.2) is 0 Å². The minimum Gasteiger partial charge on any atom is -0.468 e. The lowest BCUT2D eigenvalue weighted by molar-refractivity contribution is -0.143. The molecule has 1 unspecified atom stereocenters. The maximum atomic E-state index is 11.4. The van der Waals surface area contributed by atoms with Gasteiger partial charge in [-0.05, 0) is 12.0 Å². The molecule has 3 nitrogen and oxygen atoms in total. The van der Waals surface area contributed by atoms with Gasteiger partial charge in [-0.1, -0.05) is 30.3 Å². The van der Waals surface area contributed by atoms with E-state index in [2.05, 4.69) is 5.32 Å². The molecule has 1 aromatic carbocycles. The Bertz CT molecular complexity index is 316. The van der Waals surface area contributed by atoms with Gasteiger partial charge < -0.3 is 10.1 Å². The third-order valence-electron chi connectivity index (χ3n) is 2.28. The van der Waals surface area contributed by atoms with Gasteiger partial charge >= 0.3 is 5.97 Å². The first-order valence-electron chi connectivity index (χ1n) is 5.19. The van der Waals surface area contributed by atoms with E-state index in [0.717, 1.165) is 5.56 Å². The monoisotopic (exact) mass is 241 g/mol. The average Bonchev–Trinajstić information content (AvgIpc) is 2.34. The topological polar surface area (TPSA) is 38.3 Å². The van der Waals surface area contributed by atoms with Gasteiger partial charge in [-0.2, -0.15) is 0 Å². The van der Waals surface area contributed by atoms with Crippen molar-refractivity contribution in [1.29, 1.82) is 0 Å². The van der Waals surface area contributed by atoms with Crippen LogP contribution >= 0.6 is 11.6 Å². The van der Waals surface area contributed by atoms with E-state index in [1.54, 1.807) is 0 Å². The first-order valence-corrected chi connectivity index (χ1v) is 5.72. The van der Waals surface area contributed by atoms with E-state index in [9.17, 15) is 4.79 Å². The zero-order valence-corrected chi connectivity index (χ0v) is 10.0. The standard InChI is InChI=1S/C12H16ClNO2/c1-16-12(15)11(7-8-13)14-9-10-5-3-2-4-6-10/h2-6,11,14H,7-9H2,1H3. The highest BCUT2D eigenvalue weighted by molar-refractivity contribution is 6.18. The fourth-order valence-electron chi connectivity index (χ4n) is 1.39. The molecule has 0 aliphatic heterocycles. The molecule has 0 bridgehead atoms. The number of halogens is 1. The molecule has 0 fully saturated rings. The third kappa shape index (κ3) is 4.21. The largest absolute Gasteiger partial charge is 0.468 e. The molecule has 0 aliphatic carbocycles. The molecular formula is C12H16ClNO2. The van der Waals surface area contributed by atoms with Crippen LogP contribution in [-0.2, 0) is 16.1 Å². The molecule has 16 heavy (non-hydrogen) atoms. The molecule has 0 radical (unpaired) electrons. The average molecular weight is 242 g/mol. The van der Waals surface area contributed by atoms with E-state index < -0.39 is 0 Å². The van der Waals surface area contributed by atoms with Gasteiger partial charge in [-0.3, -0.25) is 4.79 Å². The second-order valence-corrected chi connectivity index (χ2v) is 3.80. The van der Waals surface area contributed by atoms with Crippen LogP contribution < -0.4 is 5.32 Å². The Balaban J connectivity index is 2.47. The first-order chi connectivity index (χ1) is 7.77. The van der Waals surface area contributed by atoms with Gasteiger partial charge in [-0.15, -0.1) is 11.6 Å². The molecule has 0 spiro atoms. The van der Waals surface area contributed by atoms with Crippen LogP contribution in [0.2, 0.25) is 0 Å². The van der Waals surface area contributed by atoms with Crippen molar-refractivity contribution in [1.82, 2.24) is 5.32 Å². The van der Waals surface area contributed by atoms with Crippen molar-refractivity contribution in [3.05, 3.63) is 35.9 Å². The van der Waals surface area contributed by atoms with Crippen molar-refractivity contribution >= 4 is 17.6 Å². The summed E-state index contributed by atoms with van der Waals surface area (Å²) in [5, 5.41) is 3.13. The first kappa shape index (κ1) is 13.0. The van der Waals surface area contributed by atoms with Crippen LogP contribution in [0.25, 0.3) is 0 Å². The molecule has 1 N–H and O–H groups in total. The van der Waals surface area contributed by atoms with Crippen molar-refractivity contribution in [2.45, 2.75) is 19.0 Å². The zero-order chi connectivity index (χ0) is 11.8. The lowest BCUT2D eigenvalue weighted by atomic mass is 10.2. The Morgan fingerprint density at radius 3 is 2.69 bits per heavy atom. The normalized spacial score (nSPS) is 12.1. The summed E-state index contributed by atoms with van der Waals surface area (Å²) in [5.41, 5.74) is 1.13. The van der Waals surface area contributed by atoms with E-state index >= 15 is 0 Å². The summed E-state index contributed by atoms with van der Waals surface area (Å²) in [6.45, 7) is 0.636. The number of ether oxygens (including phenoxy) is 1. The number of hydrogen-bond acceptors (Lipinski definition) is 3. The Labute approximate surface area is 101 Å². The van der Waals surface area contributed by atoms with E-state index in [0.29, 0.717) is 18.8 Å². The van der Waals surface area contributed by atoms with Crippen LogP contribution in [-0.4, -0.2) is 25.0 Å². The zero-order valence-electron chi connectivity index (χ0n) is 9.28. The number of methoxy groups -OCH3 is 1. The van der Waals surface area contributed by atoms with Crippen LogP contribution in [0.15, 0.2) is 30.3 Å². The second kappa shape index (κ2) is 7.25. The summed E-state index contributed by atoms with van der Waals surface area (Å²) < 4.78 is 4.69. The molecule has 0 amide bonds. The number of esters is 1. The molecule has 0 saturated heterocycles. The van der Waals surface area contributed by atoms with Crippen molar-refractivity contribution in [2.24, 2.45) is 0 Å². The lowest BCUT2D eigenvalue weighted by Crippen LogP contribution is -2.37. The van der Waals surface area contributed by atoms with Crippen molar-refractivity contribution in [2.75, 3.05) is 13.0 Å². The molecule has 0 saturated carbocycles. The minimum atomic E-state index is -0.331. The highest BCUT2D eigenvalue weighted by Crippen LogP contribution is 2.02. The van der Waals surface area contributed by atoms with Gasteiger partial charge in [0.05, 0.1) is 7.11 Å². The highest BCUT2D eigenvalue weighted by Gasteiger charge is 2.17. The van der Waals surface area contributed by atoms with Crippen LogP contribution in [0.3, 0.4) is 0 Å². The van der Waals surface area contributed by atoms with Crippen LogP contribution in [0.4, 0.5) is 0 Å². The number of carbonyl (C=O) groups is 1. The quantitative estimate of drug-likeness (QED) is 0.611. The summed E-state index contributed by atoms with van der Waals surface area (Å²) in [7, 11) is 1.38. The summed E-state index contributed by atoms with van der Waals surface area (Å²) in [6, 6.07) is 9.56. The maximum Gasteiger partial charge on any atom is 0.322 e. The predicted octanol–water partition coefficient (Wildman–Crippen LogP) is 1.95. The Morgan fingerprint density at radius 1 is 1.44 bits per heavy atom. The summed E-state index contributed by atoms with van der Waals surface area (Å²) in [4.78, 5) is 11.4. The molecule has 1 atom stereocenters. The van der Waals surface area contributed by atoms with Gasteiger partial charge in [0.15, 0.2) is 0 Å². The third-order valence-corrected chi connectivity index (χ3v) is 2.50. The summed E-state index contributed by atoms with van der Waals surface area (Å²) in [6.07, 6.45) is 0.570. The molecule has 1 rings (SSSR count). The highest BCUT2D eigenvalue weighted by atomic mass is 35.5. The molecular weight excluding hydrogens is 226 g/mol. The van der Waals surface area contributed by atoms with E-state index in [-0.39, 0.29) is 12.0 Å². The van der Waals surface area contributed by atoms with E-state index in [4.69, 9.17) is 16.3 Å². The van der Waals surface area contributed by atoms with E-state index in [1.807, 2.05) is 30.3 Å². The fourth-order valence-corrected chi connectivity index (χ4v) is 1.61. The van der Waals surface area contributed by atoms with Gasteiger partial charge in [0, 0.05) is 12.4 Å². The van der Waals surface area contributed by atoms with Crippen LogP contribution in [0.5, 0.6) is 0 Å². The molecule has 4 heteroatoms. The van der Waals surface area contributed by atoms with Gasteiger partial charge in [0.25, 0.3) is 0 Å². The number of alkyl halides is 1. The van der Waals surface area contributed by atoms with Gasteiger partial charge in [0.1, 0.15) is 6.04 Å². The van der Waals surface area contributed by atoms with Crippen molar-refractivity contribution < 1.29 is 9.53 Å². The lowest BCUT2D eigenvalue weighted by Gasteiger charge is -2.15. The second-order valence-electron chi connectivity index (χ2n) is 3.42. The molecule has 0 aliphatic rings. The minimum absolute atomic E-state index is 0.267. The van der Waals surface area contributed by atoms with Crippen molar-refractivity contribution in [3.8, 4) is 0 Å². The van der Waals surface area contributed by atoms with Crippen LogP contribution in [0.1, 0.15) is 12.0 Å². The SMILES string of the molecule is COC(=O)C(CCCl)NCc1ccccc1. The summed E-state index contributed by atoms with van der Waals surface area (Å²) >= 11 is 5.63. The number of hydrogen-bond donors (Lipinski definition) is 1. The van der Waals surface area contributed by atoms with Crippen molar-refractivity contribution in [3.63, 3.8) is 0 Å². The number of carbonyl (C=O) groups excluding carboxylic acids is 1. The predicted molar refractivity (Wildman–Crippen MR) is 64.4 cm³/mol. The molecule has 88 valence electrons. The molecule has 0 aromatic heterocycles. The smallest absolute Gasteiger partial charge is 0.322 e. The number of benzene rings is 1. The van der Waals surface area contributed by atoms with Gasteiger partial charge in [0.2, 0.25) is 0 Å². The number of rotatable bonds is 6. The number of nitrogens with one attached hydrogen (secondary N) is 1. The summed E-state index contributed by atoms with van der Waals surface area (Å²) in [5.74, 6) is 0.165. The molecule has 1 aromatic rings. The fraction of sp³-hybridized carbons (Fsp3) is 0.417. The Morgan fingerprint density at radius 2 is 2.12 bits per heavy atom. The Hall–Kier alpha value is -1.06. The molecule has 0 heterocycles. The maximum absolute atomic E-state index is 11.4. The van der Waals surface area contributed by atoms with Crippen LogP contribution in [0, 0.1) is 0 Å². The van der Waals surface area contributed by atoms with E-state index in [1.165, 1.54) is 7.11 Å². The Kier molecular flexibility index (Phi) is 5.90.